The first-order valence-corrected chi connectivity index (χ1v) is 11.8. The zero-order valence-electron chi connectivity index (χ0n) is 17.8. The minimum atomic E-state index is 0.443. The van der Waals surface area contributed by atoms with Crippen molar-refractivity contribution >= 4 is 38.6 Å². The van der Waals surface area contributed by atoms with Crippen molar-refractivity contribution in [1.82, 2.24) is 15.3 Å². The molecule has 4 aromatic rings. The van der Waals surface area contributed by atoms with Crippen LogP contribution in [0.2, 0.25) is 5.02 Å². The average Bonchev–Trinajstić information content (AvgIpc) is 3.21. The van der Waals surface area contributed by atoms with Crippen LogP contribution in [0.15, 0.2) is 65.1 Å². The van der Waals surface area contributed by atoms with Gasteiger partial charge in [0.2, 0.25) is 0 Å². The van der Waals surface area contributed by atoms with Gasteiger partial charge >= 0.3 is 0 Å². The van der Waals surface area contributed by atoms with E-state index in [0.29, 0.717) is 30.5 Å². The molecule has 0 aliphatic rings. The molecule has 4 rings (SSSR count). The van der Waals surface area contributed by atoms with Crippen molar-refractivity contribution in [2.75, 3.05) is 13.2 Å². The van der Waals surface area contributed by atoms with Crippen molar-refractivity contribution in [3.05, 3.63) is 87.1 Å². The third-order valence-electron chi connectivity index (χ3n) is 5.01. The second kappa shape index (κ2) is 10.9. The van der Waals surface area contributed by atoms with E-state index in [1.165, 1.54) is 0 Å². The number of rotatable bonds is 10. The van der Waals surface area contributed by atoms with Gasteiger partial charge in [0, 0.05) is 29.0 Å². The number of aromatic nitrogens is 2. The number of benzene rings is 3. The van der Waals surface area contributed by atoms with E-state index in [-0.39, 0.29) is 0 Å². The van der Waals surface area contributed by atoms with Crippen LogP contribution in [0.4, 0.5) is 0 Å². The molecule has 3 aromatic carbocycles. The summed E-state index contributed by atoms with van der Waals surface area (Å²) in [6.45, 7) is 4.50. The molecule has 0 saturated carbocycles. The van der Waals surface area contributed by atoms with Gasteiger partial charge in [-0.15, -0.1) is 0 Å². The number of hydrogen-bond donors (Lipinski definition) is 2. The van der Waals surface area contributed by atoms with Crippen LogP contribution in [0.3, 0.4) is 0 Å². The normalized spacial score (nSPS) is 11.1. The first kappa shape index (κ1) is 22.6. The van der Waals surface area contributed by atoms with Crippen molar-refractivity contribution in [2.45, 2.75) is 26.5 Å². The Hall–Kier alpha value is -2.54. The van der Waals surface area contributed by atoms with E-state index in [0.717, 1.165) is 51.2 Å². The molecule has 0 spiro atoms. The number of nitrogens with one attached hydrogen (secondary N) is 2. The lowest BCUT2D eigenvalue weighted by Crippen LogP contribution is -2.17. The summed E-state index contributed by atoms with van der Waals surface area (Å²) in [5, 5.41) is 4.20. The molecule has 166 valence electrons. The summed E-state index contributed by atoms with van der Waals surface area (Å²) in [5.41, 5.74) is 4.22. The van der Waals surface area contributed by atoms with Gasteiger partial charge in [-0.2, -0.15) is 0 Å². The number of halogens is 2. The molecule has 2 N–H and O–H groups in total. The summed E-state index contributed by atoms with van der Waals surface area (Å²) in [6.07, 6.45) is 0.826. The summed E-state index contributed by atoms with van der Waals surface area (Å²) in [4.78, 5) is 7.99. The number of para-hydroxylation sites is 2. The van der Waals surface area contributed by atoms with Crippen LogP contribution in [0.5, 0.6) is 11.5 Å². The molecule has 0 aliphatic heterocycles. The van der Waals surface area contributed by atoms with Crippen LogP contribution in [-0.2, 0) is 19.6 Å². The van der Waals surface area contributed by atoms with Gasteiger partial charge in [-0.1, -0.05) is 51.8 Å². The highest BCUT2D eigenvalue weighted by Gasteiger charge is 2.12. The number of H-pyrrole nitrogens is 1. The highest BCUT2D eigenvalue weighted by atomic mass is 79.9. The number of imidazole rings is 1. The average molecular weight is 515 g/mol. The largest absolute Gasteiger partial charge is 0.490 e. The molecule has 32 heavy (non-hydrogen) atoms. The molecule has 0 saturated heterocycles. The molecule has 0 bridgehead atoms. The van der Waals surface area contributed by atoms with Crippen molar-refractivity contribution < 1.29 is 9.47 Å². The smallest absolute Gasteiger partial charge is 0.162 e. The summed E-state index contributed by atoms with van der Waals surface area (Å²) in [6, 6.07) is 19.7. The molecule has 0 fully saturated rings. The highest BCUT2D eigenvalue weighted by molar-refractivity contribution is 9.10. The Bertz CT molecular complexity index is 1140. The fourth-order valence-electron chi connectivity index (χ4n) is 3.39. The predicted molar refractivity (Wildman–Crippen MR) is 133 cm³/mol. The standard InChI is InChI=1S/C25H25BrClN3O2/c1-2-31-23-13-18(15-28-12-11-25-29-21-5-3-4-6-22(21)30-25)20(26)14-24(23)32-16-17-7-9-19(27)10-8-17/h3-10,13-14,28H,2,11-12,15-16H2,1H3,(H,29,30). The molecule has 5 nitrogen and oxygen atoms in total. The molecule has 0 amide bonds. The monoisotopic (exact) mass is 513 g/mol. The van der Waals surface area contributed by atoms with Crippen molar-refractivity contribution in [3.8, 4) is 11.5 Å². The third-order valence-corrected chi connectivity index (χ3v) is 6.00. The van der Waals surface area contributed by atoms with Crippen molar-refractivity contribution in [1.29, 1.82) is 0 Å². The third kappa shape index (κ3) is 5.82. The summed E-state index contributed by atoms with van der Waals surface area (Å²) in [5.74, 6) is 2.43. The molecule has 0 atom stereocenters. The van der Waals surface area contributed by atoms with Crippen LogP contribution in [0.1, 0.15) is 23.9 Å². The Kier molecular flexibility index (Phi) is 7.68. The maximum absolute atomic E-state index is 6.03. The van der Waals surface area contributed by atoms with E-state index < -0.39 is 0 Å². The van der Waals surface area contributed by atoms with Crippen LogP contribution >= 0.6 is 27.5 Å². The molecule has 1 heterocycles. The van der Waals surface area contributed by atoms with Crippen LogP contribution in [0, 0.1) is 0 Å². The van der Waals surface area contributed by atoms with Gasteiger partial charge in [-0.05, 0) is 54.4 Å². The number of fused-ring (bicyclic) bond motifs is 1. The van der Waals surface area contributed by atoms with E-state index in [2.05, 4.69) is 31.2 Å². The number of hydrogen-bond acceptors (Lipinski definition) is 4. The first-order valence-electron chi connectivity index (χ1n) is 10.6. The Morgan fingerprint density at radius 2 is 1.81 bits per heavy atom. The molecule has 0 aliphatic carbocycles. The van der Waals surface area contributed by atoms with E-state index >= 15 is 0 Å². The lowest BCUT2D eigenvalue weighted by Gasteiger charge is -2.15. The second-order valence-electron chi connectivity index (χ2n) is 7.37. The fourth-order valence-corrected chi connectivity index (χ4v) is 3.98. The van der Waals surface area contributed by atoms with Crippen LogP contribution < -0.4 is 14.8 Å². The van der Waals surface area contributed by atoms with Crippen LogP contribution in [0.25, 0.3) is 11.0 Å². The van der Waals surface area contributed by atoms with Gasteiger partial charge in [0.25, 0.3) is 0 Å². The quantitative estimate of drug-likeness (QED) is 0.244. The minimum absolute atomic E-state index is 0.443. The molecule has 1 aromatic heterocycles. The first-order chi connectivity index (χ1) is 15.6. The van der Waals surface area contributed by atoms with Gasteiger partial charge in [0.15, 0.2) is 11.5 Å². The zero-order valence-corrected chi connectivity index (χ0v) is 20.2. The van der Waals surface area contributed by atoms with Crippen molar-refractivity contribution in [3.63, 3.8) is 0 Å². The zero-order chi connectivity index (χ0) is 22.3. The van der Waals surface area contributed by atoms with E-state index in [4.69, 9.17) is 21.1 Å². The van der Waals surface area contributed by atoms with Gasteiger partial charge < -0.3 is 19.8 Å². The van der Waals surface area contributed by atoms with E-state index in [1.807, 2.05) is 67.6 Å². The fraction of sp³-hybridized carbons (Fsp3) is 0.240. The van der Waals surface area contributed by atoms with E-state index in [1.54, 1.807) is 0 Å². The minimum Gasteiger partial charge on any atom is -0.490 e. The lowest BCUT2D eigenvalue weighted by molar-refractivity contribution is 0.269. The molecule has 7 heteroatoms. The Morgan fingerprint density at radius 1 is 1.03 bits per heavy atom. The number of ether oxygens (including phenoxy) is 2. The van der Waals surface area contributed by atoms with Crippen molar-refractivity contribution in [2.24, 2.45) is 0 Å². The summed E-state index contributed by atoms with van der Waals surface area (Å²) in [7, 11) is 0. The maximum atomic E-state index is 6.03. The summed E-state index contributed by atoms with van der Waals surface area (Å²) >= 11 is 9.64. The summed E-state index contributed by atoms with van der Waals surface area (Å²) < 4.78 is 12.8. The van der Waals surface area contributed by atoms with Gasteiger partial charge in [0.05, 0.1) is 17.6 Å². The Balaban J connectivity index is 1.36. The second-order valence-corrected chi connectivity index (χ2v) is 8.66. The maximum Gasteiger partial charge on any atom is 0.162 e. The van der Waals surface area contributed by atoms with E-state index in [9.17, 15) is 0 Å². The molecule has 0 unspecified atom stereocenters. The SMILES string of the molecule is CCOc1cc(CNCCc2nc3ccccc3[nH]2)c(Br)cc1OCc1ccc(Cl)cc1. The molecular formula is C25H25BrClN3O2. The number of aromatic amines is 1. The Morgan fingerprint density at radius 3 is 2.59 bits per heavy atom. The topological polar surface area (TPSA) is 59.2 Å². The molecule has 0 radical (unpaired) electrons. The van der Waals surface area contributed by atoms with Gasteiger partial charge in [-0.25, -0.2) is 4.98 Å². The van der Waals surface area contributed by atoms with Gasteiger partial charge in [-0.3, -0.25) is 0 Å². The Labute approximate surface area is 201 Å². The lowest BCUT2D eigenvalue weighted by atomic mass is 10.2. The molecular weight excluding hydrogens is 490 g/mol. The highest BCUT2D eigenvalue weighted by Crippen LogP contribution is 2.34. The van der Waals surface area contributed by atoms with Crippen LogP contribution in [-0.4, -0.2) is 23.1 Å². The predicted octanol–water partition coefficient (Wildman–Crippen LogP) is 6.29. The number of nitrogens with zero attached hydrogens (tertiary/aromatic N) is 1. The van der Waals surface area contributed by atoms with Gasteiger partial charge in [0.1, 0.15) is 12.4 Å².